The van der Waals surface area contributed by atoms with Gasteiger partial charge in [0.25, 0.3) is 0 Å². The summed E-state index contributed by atoms with van der Waals surface area (Å²) in [6.07, 6.45) is 12.8. The first-order valence-corrected chi connectivity index (χ1v) is 12.0. The van der Waals surface area contributed by atoms with Crippen molar-refractivity contribution in [3.8, 4) is 16.9 Å². The van der Waals surface area contributed by atoms with Crippen molar-refractivity contribution >= 4 is 8.58 Å². The molecule has 0 heterocycles. The molecule has 0 amide bonds. The second-order valence-electron chi connectivity index (χ2n) is 8.29. The molecule has 144 valence electrons. The van der Waals surface area contributed by atoms with Gasteiger partial charge in [0.2, 0.25) is 0 Å². The van der Waals surface area contributed by atoms with E-state index in [1.807, 2.05) is 7.11 Å². The van der Waals surface area contributed by atoms with Gasteiger partial charge in [-0.05, 0) is 60.1 Å². The van der Waals surface area contributed by atoms with Crippen molar-refractivity contribution in [1.82, 2.24) is 0 Å². The Morgan fingerprint density at radius 3 is 2.30 bits per heavy atom. The van der Waals surface area contributed by atoms with Crippen molar-refractivity contribution in [3.63, 3.8) is 0 Å². The van der Waals surface area contributed by atoms with Crippen LogP contribution in [0.4, 0.5) is 0 Å². The van der Waals surface area contributed by atoms with Gasteiger partial charge in [0.05, 0.1) is 7.11 Å². The van der Waals surface area contributed by atoms with Crippen molar-refractivity contribution in [2.75, 3.05) is 7.11 Å². The minimum atomic E-state index is 0.658. The Morgan fingerprint density at radius 1 is 0.778 bits per heavy atom. The zero-order valence-corrected chi connectivity index (χ0v) is 17.6. The molecule has 2 fully saturated rings. The largest absolute Gasteiger partial charge is 0.496 e. The van der Waals surface area contributed by atoms with Gasteiger partial charge in [0.1, 0.15) is 5.75 Å². The van der Waals surface area contributed by atoms with Crippen LogP contribution in [0.2, 0.25) is 0 Å². The first-order valence-electron chi connectivity index (χ1n) is 10.8. The third kappa shape index (κ3) is 4.40. The van der Waals surface area contributed by atoms with Gasteiger partial charge >= 0.3 is 0 Å². The molecule has 3 unspecified atom stereocenters. The molecule has 27 heavy (non-hydrogen) atoms. The fourth-order valence-corrected chi connectivity index (χ4v) is 7.51. The highest BCUT2D eigenvalue weighted by Gasteiger charge is 2.32. The third-order valence-electron chi connectivity index (χ3n) is 6.56. The Bertz CT molecular complexity index is 720. The van der Waals surface area contributed by atoms with E-state index < -0.39 is 0 Å². The topological polar surface area (TPSA) is 9.23 Å². The fraction of sp³-hybridized carbons (Fsp3) is 0.520. The van der Waals surface area contributed by atoms with Crippen LogP contribution in [0.3, 0.4) is 0 Å². The Kier molecular flexibility index (Phi) is 6.51. The summed E-state index contributed by atoms with van der Waals surface area (Å²) in [5.41, 5.74) is 6.04. The summed E-state index contributed by atoms with van der Waals surface area (Å²) >= 11 is 0. The van der Waals surface area contributed by atoms with Crippen LogP contribution in [-0.2, 0) is 0 Å². The minimum Gasteiger partial charge on any atom is -0.496 e. The van der Waals surface area contributed by atoms with Crippen LogP contribution >= 0.6 is 8.58 Å². The Morgan fingerprint density at radius 2 is 1.52 bits per heavy atom. The fourth-order valence-electron chi connectivity index (χ4n) is 5.22. The zero-order valence-electron chi connectivity index (χ0n) is 16.6. The van der Waals surface area contributed by atoms with E-state index in [0.29, 0.717) is 5.92 Å². The van der Waals surface area contributed by atoms with Gasteiger partial charge in [-0.15, -0.1) is 8.58 Å². The molecule has 0 saturated heterocycles. The summed E-state index contributed by atoms with van der Waals surface area (Å²) in [6.45, 7) is 0. The quantitative estimate of drug-likeness (QED) is 0.491. The minimum absolute atomic E-state index is 0.658. The van der Waals surface area contributed by atoms with Crippen molar-refractivity contribution in [3.05, 3.63) is 54.1 Å². The number of rotatable bonds is 5. The molecule has 0 aliphatic heterocycles. The van der Waals surface area contributed by atoms with E-state index in [4.69, 9.17) is 4.74 Å². The average Bonchev–Trinajstić information content (AvgIpc) is 2.75. The highest BCUT2D eigenvalue weighted by atomic mass is 31.1. The molecule has 2 aromatic carbocycles. The van der Waals surface area contributed by atoms with E-state index in [9.17, 15) is 0 Å². The summed E-state index contributed by atoms with van der Waals surface area (Å²) in [7, 11) is 2.97. The van der Waals surface area contributed by atoms with Gasteiger partial charge < -0.3 is 4.74 Å². The lowest BCUT2D eigenvalue weighted by molar-refractivity contribution is 0.389. The van der Waals surface area contributed by atoms with Gasteiger partial charge in [-0.3, -0.25) is 0 Å². The highest BCUT2D eigenvalue weighted by molar-refractivity contribution is 7.39. The average molecular weight is 381 g/mol. The van der Waals surface area contributed by atoms with Crippen molar-refractivity contribution in [1.29, 1.82) is 0 Å². The summed E-state index contributed by atoms with van der Waals surface area (Å²) in [5, 5.41) is 0. The summed E-state index contributed by atoms with van der Waals surface area (Å²) in [4.78, 5) is 0. The molecule has 1 nitrogen and oxygen atoms in total. The predicted molar refractivity (Wildman–Crippen MR) is 119 cm³/mol. The summed E-state index contributed by atoms with van der Waals surface area (Å²) < 4.78 is 5.90. The third-order valence-corrected chi connectivity index (χ3v) is 8.73. The van der Waals surface area contributed by atoms with Crippen molar-refractivity contribution in [2.45, 2.75) is 75.0 Å². The number of ether oxygens (including phenoxy) is 1. The first kappa shape index (κ1) is 19.0. The van der Waals surface area contributed by atoms with Crippen molar-refractivity contribution in [2.24, 2.45) is 0 Å². The SMILES string of the molecule is COc1cccc(-c2ccccc2)c1C1CCCCC1PC1CCCCC1. The lowest BCUT2D eigenvalue weighted by Crippen LogP contribution is -2.23. The van der Waals surface area contributed by atoms with Gasteiger partial charge in [-0.1, -0.05) is 74.6 Å². The molecule has 0 aromatic heterocycles. The lowest BCUT2D eigenvalue weighted by atomic mass is 9.80. The normalized spacial score (nSPS) is 24.3. The van der Waals surface area contributed by atoms with Gasteiger partial charge in [-0.25, -0.2) is 0 Å². The number of hydrogen-bond acceptors (Lipinski definition) is 1. The number of benzene rings is 2. The maximum atomic E-state index is 5.90. The maximum absolute atomic E-state index is 5.90. The highest BCUT2D eigenvalue weighted by Crippen LogP contribution is 2.51. The molecule has 0 N–H and O–H groups in total. The van der Waals surface area contributed by atoms with Crippen LogP contribution in [0.5, 0.6) is 5.75 Å². The van der Waals surface area contributed by atoms with E-state index in [2.05, 4.69) is 48.5 Å². The monoisotopic (exact) mass is 380 g/mol. The molecule has 0 bridgehead atoms. The molecule has 2 saturated carbocycles. The maximum Gasteiger partial charge on any atom is 0.122 e. The van der Waals surface area contributed by atoms with Crippen LogP contribution in [0.15, 0.2) is 48.5 Å². The standard InChI is InChI=1S/C25H33OP/c1-26-23-17-10-16-21(19-11-4-2-5-12-19)25(23)22-15-8-9-18-24(22)27-20-13-6-3-7-14-20/h2,4-5,10-12,16-17,20,22,24,27H,3,6-9,13-15,18H2,1H3. The Labute approximate surface area is 166 Å². The van der Waals surface area contributed by atoms with Crippen LogP contribution in [0, 0.1) is 0 Å². The molecular formula is C25H33OP. The van der Waals surface area contributed by atoms with E-state index in [0.717, 1.165) is 25.6 Å². The first-order chi connectivity index (χ1) is 13.4. The van der Waals surface area contributed by atoms with Gasteiger partial charge in [0.15, 0.2) is 0 Å². The summed E-state index contributed by atoms with van der Waals surface area (Å²) in [6, 6.07) is 17.6. The molecule has 4 rings (SSSR count). The summed E-state index contributed by atoms with van der Waals surface area (Å²) in [5.74, 6) is 1.76. The Hall–Kier alpha value is -1.33. The number of hydrogen-bond donors (Lipinski definition) is 0. The van der Waals surface area contributed by atoms with Gasteiger partial charge in [-0.2, -0.15) is 0 Å². The van der Waals surface area contributed by atoms with Crippen LogP contribution in [0.25, 0.3) is 11.1 Å². The van der Waals surface area contributed by atoms with E-state index in [1.165, 1.54) is 74.5 Å². The van der Waals surface area contributed by atoms with E-state index in [-0.39, 0.29) is 0 Å². The molecular weight excluding hydrogens is 347 g/mol. The van der Waals surface area contributed by atoms with Crippen LogP contribution in [-0.4, -0.2) is 18.4 Å². The second-order valence-corrected chi connectivity index (χ2v) is 10.2. The molecule has 0 radical (unpaired) electrons. The van der Waals surface area contributed by atoms with E-state index in [1.54, 1.807) is 0 Å². The zero-order chi connectivity index (χ0) is 18.5. The van der Waals surface area contributed by atoms with Gasteiger partial charge in [0, 0.05) is 5.56 Å². The molecule has 2 aromatic rings. The lowest BCUT2D eigenvalue weighted by Gasteiger charge is -2.37. The molecule has 2 aliphatic carbocycles. The van der Waals surface area contributed by atoms with Crippen LogP contribution in [0.1, 0.15) is 69.3 Å². The Balaban J connectivity index is 1.68. The molecule has 2 heteroatoms. The van der Waals surface area contributed by atoms with Crippen LogP contribution < -0.4 is 4.74 Å². The number of methoxy groups -OCH3 is 1. The smallest absolute Gasteiger partial charge is 0.122 e. The second kappa shape index (κ2) is 9.24. The predicted octanol–water partition coefficient (Wildman–Crippen LogP) is 7.40. The molecule has 3 atom stereocenters. The van der Waals surface area contributed by atoms with E-state index >= 15 is 0 Å². The molecule has 0 spiro atoms. The van der Waals surface area contributed by atoms with Crippen molar-refractivity contribution < 1.29 is 4.74 Å². The molecule has 2 aliphatic rings.